The number of halogens is 1. The molecule has 0 radical (unpaired) electrons. The van der Waals surface area contributed by atoms with Gasteiger partial charge in [-0.1, -0.05) is 11.6 Å². The number of hydrogen-bond donors (Lipinski definition) is 1. The highest BCUT2D eigenvalue weighted by atomic mass is 35.5. The van der Waals surface area contributed by atoms with Crippen LogP contribution in [0, 0.1) is 0 Å². The number of aliphatic hydroxyl groups is 1. The molecule has 6 nitrogen and oxygen atoms in total. The molecule has 0 aliphatic heterocycles. The van der Waals surface area contributed by atoms with Crippen LogP contribution in [0.2, 0.25) is 5.02 Å². The van der Waals surface area contributed by atoms with Gasteiger partial charge in [0.1, 0.15) is 12.4 Å². The number of hydrogen-bond acceptors (Lipinski definition) is 5. The van der Waals surface area contributed by atoms with Gasteiger partial charge in [0.15, 0.2) is 0 Å². The van der Waals surface area contributed by atoms with Gasteiger partial charge in [0.2, 0.25) is 0 Å². The maximum atomic E-state index is 12.3. The zero-order valence-electron chi connectivity index (χ0n) is 12.2. The Balaban J connectivity index is 1.65. The molecule has 0 saturated heterocycles. The van der Waals surface area contributed by atoms with Crippen LogP contribution in [0.3, 0.4) is 0 Å². The lowest BCUT2D eigenvalue weighted by atomic mass is 10.2. The molecule has 120 valence electrons. The number of furan rings is 1. The fraction of sp³-hybridized carbons (Fsp3) is 0.250. The second-order valence-corrected chi connectivity index (χ2v) is 5.55. The minimum atomic E-state index is -0.825. The number of fused-ring (bicyclic) bond motifs is 1. The molecular weight excluding hydrogens is 320 g/mol. The summed E-state index contributed by atoms with van der Waals surface area (Å²) in [6.07, 6.45) is 2.13. The molecule has 0 spiro atoms. The average molecular weight is 335 g/mol. The molecule has 1 aromatic carbocycles. The van der Waals surface area contributed by atoms with E-state index < -0.39 is 6.10 Å². The number of aromatic nitrogens is 2. The van der Waals surface area contributed by atoms with E-state index in [1.807, 2.05) is 0 Å². The van der Waals surface area contributed by atoms with Gasteiger partial charge in [-0.25, -0.2) is 4.98 Å². The first-order valence-corrected chi connectivity index (χ1v) is 7.44. The Bertz CT molecular complexity index is 845. The molecule has 0 aliphatic carbocycles. The van der Waals surface area contributed by atoms with Crippen molar-refractivity contribution in [2.45, 2.75) is 19.3 Å². The highest BCUT2D eigenvalue weighted by molar-refractivity contribution is 6.31. The lowest BCUT2D eigenvalue weighted by molar-refractivity contribution is 0.0142. The zero-order valence-corrected chi connectivity index (χ0v) is 12.9. The first kappa shape index (κ1) is 15.7. The predicted octanol–water partition coefficient (Wildman–Crippen LogP) is 2.22. The Hall–Kier alpha value is -2.15. The van der Waals surface area contributed by atoms with E-state index in [9.17, 15) is 9.90 Å². The van der Waals surface area contributed by atoms with Crippen molar-refractivity contribution in [3.05, 3.63) is 64.1 Å². The van der Waals surface area contributed by atoms with Crippen LogP contribution in [0.5, 0.6) is 0 Å². The molecule has 7 heteroatoms. The zero-order chi connectivity index (χ0) is 16.2. The third-order valence-corrected chi connectivity index (χ3v) is 3.56. The van der Waals surface area contributed by atoms with E-state index in [0.717, 1.165) is 0 Å². The maximum absolute atomic E-state index is 12.3. The topological polar surface area (TPSA) is 77.5 Å². The van der Waals surface area contributed by atoms with E-state index in [-0.39, 0.29) is 25.3 Å². The third-order valence-electron chi connectivity index (χ3n) is 3.33. The number of nitrogens with zero attached hydrogens (tertiary/aromatic N) is 2. The lowest BCUT2D eigenvalue weighted by Crippen LogP contribution is -2.29. The van der Waals surface area contributed by atoms with E-state index >= 15 is 0 Å². The van der Waals surface area contributed by atoms with Gasteiger partial charge in [0.25, 0.3) is 5.56 Å². The van der Waals surface area contributed by atoms with Crippen molar-refractivity contribution in [2.24, 2.45) is 0 Å². The first-order valence-electron chi connectivity index (χ1n) is 7.06. The molecule has 1 N–H and O–H groups in total. The molecule has 0 aliphatic rings. The summed E-state index contributed by atoms with van der Waals surface area (Å²) in [4.78, 5) is 16.5. The van der Waals surface area contributed by atoms with E-state index in [4.69, 9.17) is 20.8 Å². The minimum absolute atomic E-state index is 0.0891. The molecule has 0 fully saturated rings. The molecule has 0 unspecified atom stereocenters. The fourth-order valence-electron chi connectivity index (χ4n) is 2.23. The summed E-state index contributed by atoms with van der Waals surface area (Å²) in [6, 6.07) is 8.45. The summed E-state index contributed by atoms with van der Waals surface area (Å²) in [5.41, 5.74) is 0.305. The van der Waals surface area contributed by atoms with Crippen molar-refractivity contribution in [1.82, 2.24) is 9.55 Å². The predicted molar refractivity (Wildman–Crippen MR) is 85.4 cm³/mol. The van der Waals surface area contributed by atoms with Crippen LogP contribution in [0.1, 0.15) is 5.76 Å². The van der Waals surface area contributed by atoms with E-state index in [1.54, 1.807) is 36.6 Å². The number of benzene rings is 1. The Morgan fingerprint density at radius 2 is 2.26 bits per heavy atom. The molecule has 2 aromatic heterocycles. The van der Waals surface area contributed by atoms with Crippen LogP contribution < -0.4 is 5.56 Å². The van der Waals surface area contributed by atoms with Crippen LogP contribution in [0.25, 0.3) is 10.9 Å². The number of ether oxygens (including phenoxy) is 1. The van der Waals surface area contributed by atoms with Gasteiger partial charge in [-0.15, -0.1) is 0 Å². The number of aliphatic hydroxyl groups excluding tert-OH is 1. The minimum Gasteiger partial charge on any atom is -0.467 e. The van der Waals surface area contributed by atoms with Crippen molar-refractivity contribution < 1.29 is 14.3 Å². The van der Waals surface area contributed by atoms with Gasteiger partial charge < -0.3 is 14.3 Å². The maximum Gasteiger partial charge on any atom is 0.261 e. The Labute approximate surface area is 136 Å². The summed E-state index contributed by atoms with van der Waals surface area (Å²) in [6.45, 7) is 0.460. The summed E-state index contributed by atoms with van der Waals surface area (Å²) in [5, 5.41) is 11.0. The van der Waals surface area contributed by atoms with E-state index in [1.165, 1.54) is 10.9 Å². The lowest BCUT2D eigenvalue weighted by Gasteiger charge is -2.13. The molecule has 0 amide bonds. The highest BCUT2D eigenvalue weighted by Crippen LogP contribution is 2.14. The third kappa shape index (κ3) is 3.79. The highest BCUT2D eigenvalue weighted by Gasteiger charge is 2.10. The van der Waals surface area contributed by atoms with Crippen molar-refractivity contribution in [2.75, 3.05) is 6.61 Å². The Kier molecular flexibility index (Phi) is 4.76. The van der Waals surface area contributed by atoms with Gasteiger partial charge in [-0.2, -0.15) is 0 Å². The van der Waals surface area contributed by atoms with Gasteiger partial charge in [0.05, 0.1) is 42.7 Å². The molecule has 2 heterocycles. The second kappa shape index (κ2) is 6.95. The normalized spacial score (nSPS) is 12.6. The fourth-order valence-corrected chi connectivity index (χ4v) is 2.40. The van der Waals surface area contributed by atoms with Crippen molar-refractivity contribution in [3.63, 3.8) is 0 Å². The van der Waals surface area contributed by atoms with Crippen LogP contribution >= 0.6 is 11.6 Å². The summed E-state index contributed by atoms with van der Waals surface area (Å²) in [7, 11) is 0. The van der Waals surface area contributed by atoms with Crippen LogP contribution in [-0.2, 0) is 17.9 Å². The van der Waals surface area contributed by atoms with Crippen LogP contribution in [0.4, 0.5) is 0 Å². The van der Waals surface area contributed by atoms with Gasteiger partial charge in [-0.05, 0) is 30.3 Å². The molecular formula is C16H15ClN2O4. The van der Waals surface area contributed by atoms with Crippen LogP contribution in [0.15, 0.2) is 52.1 Å². The van der Waals surface area contributed by atoms with Gasteiger partial charge >= 0.3 is 0 Å². The second-order valence-electron chi connectivity index (χ2n) is 5.11. The molecule has 3 aromatic rings. The van der Waals surface area contributed by atoms with Crippen molar-refractivity contribution >= 4 is 22.5 Å². The van der Waals surface area contributed by atoms with Crippen molar-refractivity contribution in [1.29, 1.82) is 0 Å². The average Bonchev–Trinajstić information content (AvgIpc) is 3.03. The summed E-state index contributed by atoms with van der Waals surface area (Å²) in [5.74, 6) is 0.679. The molecule has 0 saturated carbocycles. The SMILES string of the molecule is O=c1c2ccc(Cl)cc2ncn1C[C@H](O)COCc1ccco1. The van der Waals surface area contributed by atoms with E-state index in [2.05, 4.69) is 4.98 Å². The van der Waals surface area contributed by atoms with Crippen molar-refractivity contribution in [3.8, 4) is 0 Å². The van der Waals surface area contributed by atoms with Crippen LogP contribution in [-0.4, -0.2) is 27.4 Å². The van der Waals surface area contributed by atoms with E-state index in [0.29, 0.717) is 21.7 Å². The monoisotopic (exact) mass is 334 g/mol. The van der Waals surface area contributed by atoms with Gasteiger partial charge in [0, 0.05) is 5.02 Å². The smallest absolute Gasteiger partial charge is 0.261 e. The Morgan fingerprint density at radius 1 is 1.39 bits per heavy atom. The Morgan fingerprint density at radius 3 is 3.04 bits per heavy atom. The standard InChI is InChI=1S/C16H15ClN2O4/c17-11-3-4-14-15(6-11)18-10-19(16(14)21)7-12(20)8-22-9-13-2-1-5-23-13/h1-6,10,12,20H,7-9H2/t12-/m0/s1. The molecule has 1 atom stereocenters. The number of rotatable bonds is 6. The first-order chi connectivity index (χ1) is 11.1. The molecule has 3 rings (SSSR count). The summed E-state index contributed by atoms with van der Waals surface area (Å²) < 4.78 is 11.8. The quantitative estimate of drug-likeness (QED) is 0.748. The largest absolute Gasteiger partial charge is 0.467 e. The molecule has 0 bridgehead atoms. The van der Waals surface area contributed by atoms with Gasteiger partial charge in [-0.3, -0.25) is 9.36 Å². The molecule has 23 heavy (non-hydrogen) atoms. The summed E-state index contributed by atoms with van der Waals surface area (Å²) >= 11 is 5.88.